The minimum absolute atomic E-state index is 0.214. The van der Waals surface area contributed by atoms with Gasteiger partial charge in [-0.05, 0) is 35.2 Å². The Balaban J connectivity index is 1.86. The van der Waals surface area contributed by atoms with E-state index in [-0.39, 0.29) is 12.0 Å². The fourth-order valence-corrected chi connectivity index (χ4v) is 3.59. The maximum atomic E-state index is 11.2. The highest BCUT2D eigenvalue weighted by atomic mass is 16.5. The number of primary amides is 1. The lowest BCUT2D eigenvalue weighted by Gasteiger charge is -2.30. The number of fused-ring (bicyclic) bond motifs is 3. The molecule has 4 rings (SSSR count). The van der Waals surface area contributed by atoms with Crippen LogP contribution in [-0.2, 0) is 11.2 Å². The molecule has 0 saturated carbocycles. The number of aryl methyl sites for hydroxylation is 1. The Bertz CT molecular complexity index is 982. The number of rotatable bonds is 5. The first-order chi connectivity index (χ1) is 13.2. The minimum atomic E-state index is -0.296. The number of benzene rings is 3. The number of nitrogens with two attached hydrogens (primary N) is 1. The molecule has 0 aliphatic carbocycles. The molecule has 4 heteroatoms. The van der Waals surface area contributed by atoms with Crippen LogP contribution >= 0.6 is 0 Å². The van der Waals surface area contributed by atoms with Gasteiger partial charge in [0.2, 0.25) is 5.91 Å². The van der Waals surface area contributed by atoms with E-state index < -0.39 is 0 Å². The van der Waals surface area contributed by atoms with E-state index in [1.807, 2.05) is 42.5 Å². The van der Waals surface area contributed by atoms with E-state index in [2.05, 4.69) is 24.3 Å². The average Bonchev–Trinajstić information content (AvgIpc) is 2.71. The van der Waals surface area contributed by atoms with Gasteiger partial charge in [0.25, 0.3) is 0 Å². The van der Waals surface area contributed by atoms with Gasteiger partial charge in [-0.15, -0.1) is 0 Å². The monoisotopic (exact) mass is 359 g/mol. The second kappa shape index (κ2) is 7.16. The lowest BCUT2D eigenvalue weighted by atomic mass is 9.87. The molecule has 0 aromatic heterocycles. The summed E-state index contributed by atoms with van der Waals surface area (Å²) in [7, 11) is 1.67. The van der Waals surface area contributed by atoms with E-state index in [4.69, 9.17) is 15.2 Å². The molecule has 1 unspecified atom stereocenters. The number of hydrogen-bond acceptors (Lipinski definition) is 3. The Morgan fingerprint density at radius 3 is 2.63 bits per heavy atom. The van der Waals surface area contributed by atoms with Gasteiger partial charge in [0, 0.05) is 12.0 Å². The highest BCUT2D eigenvalue weighted by Gasteiger charge is 2.29. The highest BCUT2D eigenvalue weighted by Crippen LogP contribution is 2.49. The molecule has 0 radical (unpaired) electrons. The normalized spacial score (nSPS) is 14.6. The van der Waals surface area contributed by atoms with Crippen LogP contribution in [0.1, 0.15) is 29.2 Å². The summed E-state index contributed by atoms with van der Waals surface area (Å²) in [6.07, 6.45) is 0.729. The SMILES string of the molecule is COc1cccc2c1-c1ccc(CCC(N)=O)cc1C(c1ccccc1)O2. The van der Waals surface area contributed by atoms with Crippen molar-refractivity contribution < 1.29 is 14.3 Å². The van der Waals surface area contributed by atoms with Crippen LogP contribution in [0.5, 0.6) is 11.5 Å². The summed E-state index contributed by atoms with van der Waals surface area (Å²) in [5.41, 5.74) is 10.6. The molecule has 3 aromatic rings. The van der Waals surface area contributed by atoms with Gasteiger partial charge >= 0.3 is 0 Å². The molecule has 1 aliphatic heterocycles. The van der Waals surface area contributed by atoms with Gasteiger partial charge in [0.1, 0.15) is 17.6 Å². The van der Waals surface area contributed by atoms with Gasteiger partial charge in [0.05, 0.1) is 12.7 Å². The Morgan fingerprint density at radius 1 is 1.07 bits per heavy atom. The molecule has 0 fully saturated rings. The van der Waals surface area contributed by atoms with Crippen LogP contribution in [0.4, 0.5) is 0 Å². The third kappa shape index (κ3) is 3.26. The largest absolute Gasteiger partial charge is 0.496 e. The van der Waals surface area contributed by atoms with Crippen molar-refractivity contribution in [1.82, 2.24) is 0 Å². The molecule has 2 N–H and O–H groups in total. The first-order valence-electron chi connectivity index (χ1n) is 8.97. The van der Waals surface area contributed by atoms with Gasteiger partial charge in [0.15, 0.2) is 0 Å². The van der Waals surface area contributed by atoms with Gasteiger partial charge in [-0.1, -0.05) is 54.6 Å². The molecule has 4 nitrogen and oxygen atoms in total. The Labute approximate surface area is 158 Å². The van der Waals surface area contributed by atoms with Crippen LogP contribution in [0.3, 0.4) is 0 Å². The number of carbonyl (C=O) groups is 1. The van der Waals surface area contributed by atoms with E-state index in [9.17, 15) is 4.79 Å². The van der Waals surface area contributed by atoms with E-state index >= 15 is 0 Å². The standard InChI is InChI=1S/C23H21NO3/c1-26-19-8-5-9-20-22(19)17-12-10-15(11-13-21(24)25)14-18(17)23(27-20)16-6-3-2-4-7-16/h2-10,12,14,23H,11,13H2,1H3,(H2,24,25). The summed E-state index contributed by atoms with van der Waals surface area (Å²) in [6, 6.07) is 22.2. The van der Waals surface area contributed by atoms with Crippen LogP contribution in [0.25, 0.3) is 11.1 Å². The molecule has 1 aliphatic rings. The average molecular weight is 359 g/mol. The molecular formula is C23H21NO3. The second-order valence-corrected chi connectivity index (χ2v) is 6.63. The molecular weight excluding hydrogens is 338 g/mol. The van der Waals surface area contributed by atoms with Crippen molar-refractivity contribution in [3.63, 3.8) is 0 Å². The van der Waals surface area contributed by atoms with Crippen molar-refractivity contribution >= 4 is 5.91 Å². The van der Waals surface area contributed by atoms with E-state index in [0.29, 0.717) is 12.8 Å². The van der Waals surface area contributed by atoms with Crippen molar-refractivity contribution in [1.29, 1.82) is 0 Å². The zero-order valence-corrected chi connectivity index (χ0v) is 15.1. The lowest BCUT2D eigenvalue weighted by molar-refractivity contribution is -0.117. The summed E-state index contributed by atoms with van der Waals surface area (Å²) >= 11 is 0. The number of ether oxygens (including phenoxy) is 2. The number of amides is 1. The van der Waals surface area contributed by atoms with Gasteiger partial charge in [-0.2, -0.15) is 0 Å². The fourth-order valence-electron chi connectivity index (χ4n) is 3.59. The van der Waals surface area contributed by atoms with Crippen molar-refractivity contribution in [2.75, 3.05) is 7.11 Å². The third-order valence-corrected chi connectivity index (χ3v) is 4.88. The number of methoxy groups -OCH3 is 1. The zero-order valence-electron chi connectivity index (χ0n) is 15.1. The van der Waals surface area contributed by atoms with Crippen molar-refractivity contribution in [3.8, 4) is 22.6 Å². The van der Waals surface area contributed by atoms with Crippen molar-refractivity contribution in [2.24, 2.45) is 5.73 Å². The number of carbonyl (C=O) groups excluding carboxylic acids is 1. The molecule has 0 spiro atoms. The summed E-state index contributed by atoms with van der Waals surface area (Å²) in [5.74, 6) is 1.29. The molecule has 3 aromatic carbocycles. The predicted octanol–water partition coefficient (Wildman–Crippen LogP) is 4.26. The Morgan fingerprint density at radius 2 is 1.89 bits per heavy atom. The predicted molar refractivity (Wildman–Crippen MR) is 105 cm³/mol. The summed E-state index contributed by atoms with van der Waals surface area (Å²) in [6.45, 7) is 0. The molecule has 1 amide bonds. The molecule has 27 heavy (non-hydrogen) atoms. The molecule has 0 saturated heterocycles. The summed E-state index contributed by atoms with van der Waals surface area (Å²) < 4.78 is 12.0. The number of hydrogen-bond donors (Lipinski definition) is 1. The highest BCUT2D eigenvalue weighted by molar-refractivity contribution is 5.82. The van der Waals surface area contributed by atoms with Crippen molar-refractivity contribution in [2.45, 2.75) is 18.9 Å². The quantitative estimate of drug-likeness (QED) is 0.740. The second-order valence-electron chi connectivity index (χ2n) is 6.63. The van der Waals surface area contributed by atoms with Crippen molar-refractivity contribution in [3.05, 3.63) is 83.4 Å². The third-order valence-electron chi connectivity index (χ3n) is 4.88. The van der Waals surface area contributed by atoms with Gasteiger partial charge in [-0.3, -0.25) is 4.79 Å². The van der Waals surface area contributed by atoms with Crippen LogP contribution in [0, 0.1) is 0 Å². The smallest absolute Gasteiger partial charge is 0.217 e. The van der Waals surface area contributed by atoms with Crippen LogP contribution in [0.2, 0.25) is 0 Å². The lowest BCUT2D eigenvalue weighted by Crippen LogP contribution is -2.16. The van der Waals surface area contributed by atoms with Gasteiger partial charge in [-0.25, -0.2) is 0 Å². The van der Waals surface area contributed by atoms with Crippen LogP contribution in [-0.4, -0.2) is 13.0 Å². The van der Waals surface area contributed by atoms with Gasteiger partial charge < -0.3 is 15.2 Å². The molecule has 1 atom stereocenters. The van der Waals surface area contributed by atoms with E-state index in [1.165, 1.54) is 0 Å². The Kier molecular flexibility index (Phi) is 4.55. The van der Waals surface area contributed by atoms with E-state index in [1.54, 1.807) is 7.11 Å². The first kappa shape index (κ1) is 17.2. The maximum absolute atomic E-state index is 11.2. The zero-order chi connectivity index (χ0) is 18.8. The first-order valence-corrected chi connectivity index (χ1v) is 8.97. The topological polar surface area (TPSA) is 61.5 Å². The summed E-state index contributed by atoms with van der Waals surface area (Å²) in [4.78, 5) is 11.2. The van der Waals surface area contributed by atoms with E-state index in [0.717, 1.165) is 39.3 Å². The fraction of sp³-hybridized carbons (Fsp3) is 0.174. The Hall–Kier alpha value is -3.27. The van der Waals surface area contributed by atoms with Crippen LogP contribution < -0.4 is 15.2 Å². The van der Waals surface area contributed by atoms with Crippen LogP contribution in [0.15, 0.2) is 66.7 Å². The maximum Gasteiger partial charge on any atom is 0.217 e. The minimum Gasteiger partial charge on any atom is -0.496 e. The molecule has 136 valence electrons. The summed E-state index contributed by atoms with van der Waals surface area (Å²) in [5, 5.41) is 0. The molecule has 0 bridgehead atoms. The molecule has 1 heterocycles.